The maximum atomic E-state index is 13.7. The minimum absolute atomic E-state index is 0.122. The number of nitrogens with zero attached hydrogens (tertiary/aromatic N) is 3. The Morgan fingerprint density at radius 3 is 3.00 bits per heavy atom. The monoisotopic (exact) mass is 267 g/mol. The third kappa shape index (κ3) is 2.77. The van der Waals surface area contributed by atoms with Crippen molar-refractivity contribution in [3.8, 4) is 0 Å². The number of oxime groups is 1. The van der Waals surface area contributed by atoms with Crippen molar-refractivity contribution in [3.05, 3.63) is 41.5 Å². The van der Waals surface area contributed by atoms with Gasteiger partial charge in [-0.05, 0) is 11.6 Å². The Morgan fingerprint density at radius 2 is 2.39 bits per heavy atom. The molecular formula is C10H10FN5OS. The summed E-state index contributed by atoms with van der Waals surface area (Å²) in [5.41, 5.74) is 6.21. The fourth-order valence-corrected chi connectivity index (χ4v) is 2.06. The molecule has 0 atom stereocenters. The SMILES string of the molecule is N/C(=N\O)c1ccc(CSc2ncn[nH]2)c(F)c1. The summed E-state index contributed by atoms with van der Waals surface area (Å²) in [7, 11) is 0. The first-order chi connectivity index (χ1) is 8.70. The Morgan fingerprint density at radius 1 is 1.56 bits per heavy atom. The van der Waals surface area contributed by atoms with Crippen LogP contribution in [0.25, 0.3) is 0 Å². The average Bonchev–Trinajstić information content (AvgIpc) is 2.89. The molecule has 1 heterocycles. The summed E-state index contributed by atoms with van der Waals surface area (Å²) in [5, 5.41) is 18.3. The predicted molar refractivity (Wildman–Crippen MR) is 64.9 cm³/mol. The highest BCUT2D eigenvalue weighted by Gasteiger charge is 2.07. The van der Waals surface area contributed by atoms with Gasteiger partial charge in [0, 0.05) is 11.3 Å². The Hall–Kier alpha value is -2.09. The quantitative estimate of drug-likeness (QED) is 0.255. The Labute approximate surface area is 106 Å². The van der Waals surface area contributed by atoms with E-state index in [1.807, 2.05) is 0 Å². The lowest BCUT2D eigenvalue weighted by Gasteiger charge is -2.04. The summed E-state index contributed by atoms with van der Waals surface area (Å²) in [4.78, 5) is 3.92. The van der Waals surface area contributed by atoms with Gasteiger partial charge in [-0.25, -0.2) is 9.37 Å². The Kier molecular flexibility index (Phi) is 3.78. The van der Waals surface area contributed by atoms with Crippen molar-refractivity contribution in [1.29, 1.82) is 0 Å². The summed E-state index contributed by atoms with van der Waals surface area (Å²) >= 11 is 1.33. The second kappa shape index (κ2) is 5.50. The van der Waals surface area contributed by atoms with Crippen molar-refractivity contribution in [2.24, 2.45) is 10.9 Å². The van der Waals surface area contributed by atoms with Crippen molar-refractivity contribution < 1.29 is 9.60 Å². The number of aromatic nitrogens is 3. The van der Waals surface area contributed by atoms with E-state index >= 15 is 0 Å². The molecule has 0 aliphatic rings. The fourth-order valence-electron chi connectivity index (χ4n) is 1.29. The minimum atomic E-state index is -0.411. The van der Waals surface area contributed by atoms with Crippen LogP contribution in [-0.2, 0) is 5.75 Å². The maximum Gasteiger partial charge on any atom is 0.183 e. The number of hydrogen-bond donors (Lipinski definition) is 3. The first-order valence-electron chi connectivity index (χ1n) is 4.95. The van der Waals surface area contributed by atoms with Crippen molar-refractivity contribution in [1.82, 2.24) is 15.2 Å². The second-order valence-corrected chi connectivity index (χ2v) is 4.33. The summed E-state index contributed by atoms with van der Waals surface area (Å²) in [5.74, 6) is -0.119. The van der Waals surface area contributed by atoms with E-state index in [-0.39, 0.29) is 5.84 Å². The van der Waals surface area contributed by atoms with Gasteiger partial charge in [0.2, 0.25) is 0 Å². The van der Waals surface area contributed by atoms with Crippen molar-refractivity contribution in [2.75, 3.05) is 0 Å². The molecular weight excluding hydrogens is 257 g/mol. The molecule has 0 unspecified atom stereocenters. The van der Waals surface area contributed by atoms with Crippen LogP contribution >= 0.6 is 11.8 Å². The molecule has 0 saturated heterocycles. The van der Waals surface area contributed by atoms with E-state index in [2.05, 4.69) is 20.3 Å². The van der Waals surface area contributed by atoms with Gasteiger partial charge in [0.1, 0.15) is 12.1 Å². The maximum absolute atomic E-state index is 13.7. The van der Waals surface area contributed by atoms with Gasteiger partial charge in [-0.1, -0.05) is 29.1 Å². The lowest BCUT2D eigenvalue weighted by molar-refractivity contribution is 0.318. The molecule has 0 radical (unpaired) electrons. The number of hydrogen-bond acceptors (Lipinski definition) is 5. The fraction of sp³-hybridized carbons (Fsp3) is 0.100. The lowest BCUT2D eigenvalue weighted by atomic mass is 10.1. The highest BCUT2D eigenvalue weighted by molar-refractivity contribution is 7.98. The number of amidine groups is 1. The molecule has 18 heavy (non-hydrogen) atoms. The van der Waals surface area contributed by atoms with E-state index in [0.29, 0.717) is 22.0 Å². The molecule has 4 N–H and O–H groups in total. The van der Waals surface area contributed by atoms with Crippen LogP contribution in [0.5, 0.6) is 0 Å². The molecule has 0 aliphatic carbocycles. The number of nitrogens with two attached hydrogens (primary N) is 1. The Bertz CT molecular complexity index is 557. The number of benzene rings is 1. The number of H-pyrrole nitrogens is 1. The lowest BCUT2D eigenvalue weighted by Crippen LogP contribution is -2.13. The van der Waals surface area contributed by atoms with Crippen molar-refractivity contribution in [2.45, 2.75) is 10.9 Å². The summed E-state index contributed by atoms with van der Waals surface area (Å²) in [6, 6.07) is 4.41. The van der Waals surface area contributed by atoms with Crippen LogP contribution in [0.2, 0.25) is 0 Å². The van der Waals surface area contributed by atoms with Gasteiger partial charge in [-0.15, -0.1) is 0 Å². The molecule has 6 nitrogen and oxygen atoms in total. The zero-order valence-corrected chi connectivity index (χ0v) is 9.99. The van der Waals surface area contributed by atoms with E-state index in [1.54, 1.807) is 12.1 Å². The molecule has 0 spiro atoms. The van der Waals surface area contributed by atoms with Crippen LogP contribution < -0.4 is 5.73 Å². The molecule has 0 saturated carbocycles. The zero-order chi connectivity index (χ0) is 13.0. The largest absolute Gasteiger partial charge is 0.409 e. The van der Waals surface area contributed by atoms with Crippen LogP contribution in [0, 0.1) is 5.82 Å². The molecule has 2 aromatic rings. The normalized spacial score (nSPS) is 11.7. The van der Waals surface area contributed by atoms with Crippen LogP contribution in [-0.4, -0.2) is 26.2 Å². The van der Waals surface area contributed by atoms with Crippen LogP contribution in [0.3, 0.4) is 0 Å². The smallest absolute Gasteiger partial charge is 0.183 e. The van der Waals surface area contributed by atoms with Gasteiger partial charge in [0.05, 0.1) is 0 Å². The topological polar surface area (TPSA) is 100 Å². The first-order valence-corrected chi connectivity index (χ1v) is 5.93. The van der Waals surface area contributed by atoms with Crippen molar-refractivity contribution in [3.63, 3.8) is 0 Å². The second-order valence-electron chi connectivity index (χ2n) is 3.37. The highest BCUT2D eigenvalue weighted by atomic mass is 32.2. The molecule has 0 amide bonds. The number of halogens is 1. The zero-order valence-electron chi connectivity index (χ0n) is 9.17. The molecule has 8 heteroatoms. The van der Waals surface area contributed by atoms with Gasteiger partial charge in [-0.2, -0.15) is 5.10 Å². The number of thioether (sulfide) groups is 1. The van der Waals surface area contributed by atoms with Crippen LogP contribution in [0.4, 0.5) is 4.39 Å². The third-order valence-corrected chi connectivity index (χ3v) is 3.14. The van der Waals surface area contributed by atoms with Gasteiger partial charge in [-0.3, -0.25) is 5.10 Å². The van der Waals surface area contributed by atoms with Gasteiger partial charge < -0.3 is 10.9 Å². The molecule has 2 rings (SSSR count). The molecule has 94 valence electrons. The third-order valence-electron chi connectivity index (χ3n) is 2.21. The summed E-state index contributed by atoms with van der Waals surface area (Å²) < 4.78 is 13.7. The first kappa shape index (κ1) is 12.4. The van der Waals surface area contributed by atoms with E-state index in [0.717, 1.165) is 0 Å². The summed E-state index contributed by atoms with van der Waals surface area (Å²) in [6.45, 7) is 0. The van der Waals surface area contributed by atoms with Crippen LogP contribution in [0.15, 0.2) is 34.8 Å². The Balaban J connectivity index is 2.10. The van der Waals surface area contributed by atoms with E-state index in [9.17, 15) is 4.39 Å². The average molecular weight is 267 g/mol. The minimum Gasteiger partial charge on any atom is -0.409 e. The molecule has 1 aromatic carbocycles. The number of aromatic amines is 1. The molecule has 1 aromatic heterocycles. The van der Waals surface area contributed by atoms with E-state index in [1.165, 1.54) is 24.2 Å². The summed E-state index contributed by atoms with van der Waals surface area (Å²) in [6.07, 6.45) is 1.39. The number of nitrogens with one attached hydrogen (secondary N) is 1. The van der Waals surface area contributed by atoms with Gasteiger partial charge >= 0.3 is 0 Å². The van der Waals surface area contributed by atoms with Gasteiger partial charge in [0.15, 0.2) is 11.0 Å². The standard InChI is InChI=1S/C10H10FN5OS/c11-8-3-6(9(12)16-17)1-2-7(8)4-18-10-13-5-14-15-10/h1-3,5,17H,4H2,(H2,12,16)(H,13,14,15). The van der Waals surface area contributed by atoms with Crippen LogP contribution in [0.1, 0.15) is 11.1 Å². The number of rotatable bonds is 4. The van der Waals surface area contributed by atoms with E-state index in [4.69, 9.17) is 10.9 Å². The van der Waals surface area contributed by atoms with Crippen molar-refractivity contribution >= 4 is 17.6 Å². The highest BCUT2D eigenvalue weighted by Crippen LogP contribution is 2.21. The van der Waals surface area contributed by atoms with Gasteiger partial charge in [0.25, 0.3) is 0 Å². The molecule has 0 fully saturated rings. The molecule has 0 bridgehead atoms. The molecule has 0 aliphatic heterocycles. The predicted octanol–water partition coefficient (Wildman–Crippen LogP) is 1.33. The van der Waals surface area contributed by atoms with E-state index < -0.39 is 5.82 Å².